The van der Waals surface area contributed by atoms with Crippen molar-refractivity contribution in [1.82, 2.24) is 0 Å². The number of rotatable bonds is 4. The van der Waals surface area contributed by atoms with Crippen molar-refractivity contribution in [3.05, 3.63) is 57.3 Å². The standard InChI is InChI=1S/C14H12BrClFNO/c1-19-11-3-4-12(15)9(6-11)8-18-10-2-5-14(17)13(16)7-10/h2-7,18H,8H2,1H3. The van der Waals surface area contributed by atoms with Crippen LogP contribution in [0.15, 0.2) is 40.9 Å². The molecule has 0 spiro atoms. The van der Waals surface area contributed by atoms with Crippen LogP contribution in [0.5, 0.6) is 5.75 Å². The van der Waals surface area contributed by atoms with Crippen LogP contribution in [0.2, 0.25) is 5.02 Å². The summed E-state index contributed by atoms with van der Waals surface area (Å²) in [5.41, 5.74) is 1.81. The van der Waals surface area contributed by atoms with E-state index in [1.165, 1.54) is 6.07 Å². The van der Waals surface area contributed by atoms with Crippen LogP contribution in [0.4, 0.5) is 10.1 Å². The predicted molar refractivity (Wildman–Crippen MR) is 79.4 cm³/mol. The Labute approximate surface area is 124 Å². The third-order valence-corrected chi connectivity index (χ3v) is 3.72. The van der Waals surface area contributed by atoms with Gasteiger partial charge in [0.25, 0.3) is 0 Å². The van der Waals surface area contributed by atoms with Crippen LogP contribution in [0.1, 0.15) is 5.56 Å². The van der Waals surface area contributed by atoms with Gasteiger partial charge < -0.3 is 10.1 Å². The van der Waals surface area contributed by atoms with Crippen LogP contribution < -0.4 is 10.1 Å². The normalized spacial score (nSPS) is 10.3. The lowest BCUT2D eigenvalue weighted by atomic mass is 10.2. The van der Waals surface area contributed by atoms with Crippen molar-refractivity contribution >= 4 is 33.2 Å². The number of hydrogen-bond acceptors (Lipinski definition) is 2. The van der Waals surface area contributed by atoms with Gasteiger partial charge >= 0.3 is 0 Å². The van der Waals surface area contributed by atoms with Crippen LogP contribution >= 0.6 is 27.5 Å². The molecule has 0 heterocycles. The van der Waals surface area contributed by atoms with Gasteiger partial charge in [0.15, 0.2) is 0 Å². The van der Waals surface area contributed by atoms with E-state index < -0.39 is 5.82 Å². The minimum Gasteiger partial charge on any atom is -0.497 e. The van der Waals surface area contributed by atoms with Gasteiger partial charge in [-0.1, -0.05) is 27.5 Å². The number of benzene rings is 2. The summed E-state index contributed by atoms with van der Waals surface area (Å²) in [6.45, 7) is 0.583. The predicted octanol–water partition coefficient (Wildman–Crippen LogP) is 4.86. The molecule has 2 nitrogen and oxygen atoms in total. The van der Waals surface area contributed by atoms with Crippen LogP contribution in [0.3, 0.4) is 0 Å². The van der Waals surface area contributed by atoms with Crippen molar-refractivity contribution in [2.45, 2.75) is 6.54 Å². The molecule has 0 bridgehead atoms. The molecule has 0 fully saturated rings. The maximum atomic E-state index is 13.0. The van der Waals surface area contributed by atoms with Gasteiger partial charge in [-0.25, -0.2) is 4.39 Å². The number of nitrogens with one attached hydrogen (secondary N) is 1. The van der Waals surface area contributed by atoms with Gasteiger partial charge in [-0.05, 0) is 42.0 Å². The molecule has 0 aliphatic heterocycles. The second-order valence-corrected chi connectivity index (χ2v) is 5.20. The Kier molecular flexibility index (Phi) is 4.66. The van der Waals surface area contributed by atoms with Crippen LogP contribution in [-0.2, 0) is 6.54 Å². The molecule has 0 radical (unpaired) electrons. The second-order valence-electron chi connectivity index (χ2n) is 3.94. The Morgan fingerprint density at radius 2 is 2.05 bits per heavy atom. The first-order valence-electron chi connectivity index (χ1n) is 5.61. The monoisotopic (exact) mass is 343 g/mol. The molecule has 0 atom stereocenters. The SMILES string of the molecule is COc1ccc(Br)c(CNc2ccc(F)c(Cl)c2)c1. The molecule has 2 rings (SSSR count). The third-order valence-electron chi connectivity index (χ3n) is 2.66. The molecular formula is C14H12BrClFNO. The Morgan fingerprint density at radius 3 is 2.74 bits per heavy atom. The molecule has 0 aromatic heterocycles. The Hall–Kier alpha value is -1.26. The summed E-state index contributed by atoms with van der Waals surface area (Å²) in [4.78, 5) is 0. The minimum absolute atomic E-state index is 0.106. The lowest BCUT2D eigenvalue weighted by Gasteiger charge is -2.10. The second kappa shape index (κ2) is 6.26. The van der Waals surface area contributed by atoms with Gasteiger partial charge in [0.2, 0.25) is 0 Å². The lowest BCUT2D eigenvalue weighted by Crippen LogP contribution is -2.01. The van der Waals surface area contributed by atoms with Crippen molar-refractivity contribution < 1.29 is 9.13 Å². The number of anilines is 1. The molecule has 0 unspecified atom stereocenters. The summed E-state index contributed by atoms with van der Waals surface area (Å²) in [5, 5.41) is 3.29. The molecule has 0 amide bonds. The fourth-order valence-corrected chi connectivity index (χ4v) is 2.18. The van der Waals surface area contributed by atoms with Crippen molar-refractivity contribution in [1.29, 1.82) is 0 Å². The van der Waals surface area contributed by atoms with Crippen LogP contribution in [0.25, 0.3) is 0 Å². The lowest BCUT2D eigenvalue weighted by molar-refractivity contribution is 0.414. The van der Waals surface area contributed by atoms with E-state index in [0.29, 0.717) is 6.54 Å². The summed E-state index contributed by atoms with van der Waals surface area (Å²) < 4.78 is 19.2. The highest BCUT2D eigenvalue weighted by Crippen LogP contribution is 2.24. The molecular weight excluding hydrogens is 333 g/mol. The van der Waals surface area contributed by atoms with E-state index in [-0.39, 0.29) is 5.02 Å². The molecule has 2 aromatic carbocycles. The van der Waals surface area contributed by atoms with E-state index in [1.807, 2.05) is 18.2 Å². The average Bonchev–Trinajstić information content (AvgIpc) is 2.41. The van der Waals surface area contributed by atoms with E-state index in [4.69, 9.17) is 16.3 Å². The summed E-state index contributed by atoms with van der Waals surface area (Å²) in [6, 6.07) is 10.3. The Bertz CT molecular complexity index is 592. The topological polar surface area (TPSA) is 21.3 Å². The van der Waals surface area contributed by atoms with Gasteiger partial charge in [-0.3, -0.25) is 0 Å². The van der Waals surface area contributed by atoms with Crippen LogP contribution in [-0.4, -0.2) is 7.11 Å². The van der Waals surface area contributed by atoms with Crippen molar-refractivity contribution in [3.63, 3.8) is 0 Å². The molecule has 0 saturated heterocycles. The fraction of sp³-hybridized carbons (Fsp3) is 0.143. The fourth-order valence-electron chi connectivity index (χ4n) is 1.62. The van der Waals surface area contributed by atoms with E-state index in [1.54, 1.807) is 19.2 Å². The quantitative estimate of drug-likeness (QED) is 0.855. The zero-order valence-corrected chi connectivity index (χ0v) is 12.6. The van der Waals surface area contributed by atoms with Crippen molar-refractivity contribution in [3.8, 4) is 5.75 Å². The number of halogens is 3. The largest absolute Gasteiger partial charge is 0.497 e. The summed E-state index contributed by atoms with van der Waals surface area (Å²) in [5.74, 6) is 0.368. The molecule has 2 aromatic rings. The summed E-state index contributed by atoms with van der Waals surface area (Å²) >= 11 is 9.21. The molecule has 0 aliphatic rings. The van der Waals surface area contributed by atoms with Gasteiger partial charge in [0, 0.05) is 16.7 Å². The Balaban J connectivity index is 2.11. The first-order chi connectivity index (χ1) is 9.10. The molecule has 100 valence electrons. The zero-order chi connectivity index (χ0) is 13.8. The van der Waals surface area contributed by atoms with Gasteiger partial charge in [0.1, 0.15) is 11.6 Å². The third kappa shape index (κ3) is 3.61. The average molecular weight is 345 g/mol. The summed E-state index contributed by atoms with van der Waals surface area (Å²) in [6.07, 6.45) is 0. The molecule has 0 saturated carbocycles. The van der Waals surface area contributed by atoms with E-state index in [9.17, 15) is 4.39 Å². The highest BCUT2D eigenvalue weighted by molar-refractivity contribution is 9.10. The maximum absolute atomic E-state index is 13.0. The Morgan fingerprint density at radius 1 is 1.26 bits per heavy atom. The van der Waals surface area contributed by atoms with Gasteiger partial charge in [0.05, 0.1) is 12.1 Å². The highest BCUT2D eigenvalue weighted by Gasteiger charge is 2.04. The van der Waals surface area contributed by atoms with Crippen molar-refractivity contribution in [2.24, 2.45) is 0 Å². The first-order valence-corrected chi connectivity index (χ1v) is 6.78. The van der Waals surface area contributed by atoms with E-state index in [0.717, 1.165) is 21.5 Å². The van der Waals surface area contributed by atoms with Crippen LogP contribution in [0, 0.1) is 5.82 Å². The number of ether oxygens (including phenoxy) is 1. The summed E-state index contributed by atoms with van der Waals surface area (Å²) in [7, 11) is 1.63. The van der Waals surface area contributed by atoms with Gasteiger partial charge in [-0.15, -0.1) is 0 Å². The highest BCUT2D eigenvalue weighted by atomic mass is 79.9. The van der Waals surface area contributed by atoms with E-state index >= 15 is 0 Å². The number of methoxy groups -OCH3 is 1. The molecule has 5 heteroatoms. The first kappa shape index (κ1) is 14.2. The number of hydrogen-bond donors (Lipinski definition) is 1. The molecule has 0 aliphatic carbocycles. The van der Waals surface area contributed by atoms with Gasteiger partial charge in [-0.2, -0.15) is 0 Å². The molecule has 19 heavy (non-hydrogen) atoms. The van der Waals surface area contributed by atoms with Crippen molar-refractivity contribution in [2.75, 3.05) is 12.4 Å². The maximum Gasteiger partial charge on any atom is 0.141 e. The zero-order valence-electron chi connectivity index (χ0n) is 10.2. The smallest absolute Gasteiger partial charge is 0.141 e. The molecule has 1 N–H and O–H groups in total. The van der Waals surface area contributed by atoms with E-state index in [2.05, 4.69) is 21.2 Å². The minimum atomic E-state index is -0.422.